The average molecular weight is 294 g/mol. The lowest BCUT2D eigenvalue weighted by molar-refractivity contribution is -0.116. The minimum atomic E-state index is -0.120. The van der Waals surface area contributed by atoms with Crippen LogP contribution in [0.3, 0.4) is 0 Å². The molecule has 0 aliphatic carbocycles. The second-order valence-corrected chi connectivity index (χ2v) is 4.36. The molecular formula is C15H22N2O4. The van der Waals surface area contributed by atoms with E-state index in [1.807, 2.05) is 0 Å². The first-order chi connectivity index (χ1) is 10.1. The normalized spacial score (nSPS) is 10.0. The minimum Gasteiger partial charge on any atom is -0.489 e. The van der Waals surface area contributed by atoms with Gasteiger partial charge in [0.2, 0.25) is 11.8 Å². The van der Waals surface area contributed by atoms with E-state index in [1.54, 1.807) is 39.2 Å². The molecule has 0 unspecified atom stereocenters. The van der Waals surface area contributed by atoms with Gasteiger partial charge in [-0.05, 0) is 18.2 Å². The van der Waals surface area contributed by atoms with Gasteiger partial charge in [0, 0.05) is 25.6 Å². The van der Waals surface area contributed by atoms with Crippen LogP contribution in [0.25, 0.3) is 0 Å². The van der Waals surface area contributed by atoms with Gasteiger partial charge in [0.25, 0.3) is 0 Å². The lowest BCUT2D eigenvalue weighted by Crippen LogP contribution is -2.14. The van der Waals surface area contributed by atoms with Crippen LogP contribution in [0.4, 0.5) is 11.4 Å². The number of benzene rings is 1. The highest BCUT2D eigenvalue weighted by atomic mass is 16.5. The summed E-state index contributed by atoms with van der Waals surface area (Å²) >= 11 is 0. The maximum absolute atomic E-state index is 11.6. The lowest BCUT2D eigenvalue weighted by Gasteiger charge is -2.14. The first-order valence-electron chi connectivity index (χ1n) is 6.96. The molecule has 1 aromatic rings. The summed E-state index contributed by atoms with van der Waals surface area (Å²) in [7, 11) is 1.59. The zero-order valence-corrected chi connectivity index (χ0v) is 12.7. The number of amides is 2. The number of hydrogen-bond donors (Lipinski definition) is 2. The van der Waals surface area contributed by atoms with Crippen LogP contribution in [-0.2, 0) is 14.3 Å². The fourth-order valence-corrected chi connectivity index (χ4v) is 1.55. The number of carbonyl (C=O) groups is 2. The molecule has 0 aliphatic heterocycles. The van der Waals surface area contributed by atoms with Gasteiger partial charge in [-0.3, -0.25) is 9.59 Å². The van der Waals surface area contributed by atoms with Crippen LogP contribution in [-0.4, -0.2) is 32.1 Å². The second kappa shape index (κ2) is 8.97. The third-order valence-corrected chi connectivity index (χ3v) is 2.72. The van der Waals surface area contributed by atoms with Crippen molar-refractivity contribution in [1.29, 1.82) is 0 Å². The molecule has 0 radical (unpaired) electrons. The molecule has 0 saturated heterocycles. The highest BCUT2D eigenvalue weighted by molar-refractivity contribution is 5.95. The van der Waals surface area contributed by atoms with E-state index in [9.17, 15) is 9.59 Å². The van der Waals surface area contributed by atoms with Crippen molar-refractivity contribution in [3.05, 3.63) is 18.2 Å². The summed E-state index contributed by atoms with van der Waals surface area (Å²) < 4.78 is 10.5. The Kier molecular flexibility index (Phi) is 7.25. The van der Waals surface area contributed by atoms with Crippen molar-refractivity contribution in [3.63, 3.8) is 0 Å². The van der Waals surface area contributed by atoms with E-state index < -0.39 is 0 Å². The summed E-state index contributed by atoms with van der Waals surface area (Å²) in [5.74, 6) is 0.338. The van der Waals surface area contributed by atoms with Crippen molar-refractivity contribution in [2.75, 3.05) is 31.0 Å². The quantitative estimate of drug-likeness (QED) is 0.722. The Morgan fingerprint density at radius 2 is 1.71 bits per heavy atom. The van der Waals surface area contributed by atoms with Crippen molar-refractivity contribution in [2.45, 2.75) is 26.7 Å². The highest BCUT2D eigenvalue weighted by Gasteiger charge is 2.09. The van der Waals surface area contributed by atoms with E-state index in [0.29, 0.717) is 43.2 Å². The Labute approximate surface area is 124 Å². The summed E-state index contributed by atoms with van der Waals surface area (Å²) in [5, 5.41) is 5.51. The molecule has 0 heterocycles. The molecule has 6 heteroatoms. The van der Waals surface area contributed by atoms with Gasteiger partial charge in [0.05, 0.1) is 12.3 Å². The number of anilines is 2. The van der Waals surface area contributed by atoms with Crippen LogP contribution < -0.4 is 15.4 Å². The molecule has 0 aromatic heterocycles. The third kappa shape index (κ3) is 5.83. The van der Waals surface area contributed by atoms with Crippen molar-refractivity contribution in [1.82, 2.24) is 0 Å². The zero-order valence-electron chi connectivity index (χ0n) is 12.7. The molecule has 21 heavy (non-hydrogen) atoms. The summed E-state index contributed by atoms with van der Waals surface area (Å²) in [6, 6.07) is 5.13. The molecule has 0 bridgehead atoms. The SMILES string of the molecule is CCC(=O)Nc1ccc(OCCOC)c(NC(=O)CC)c1. The van der Waals surface area contributed by atoms with Gasteiger partial charge in [-0.1, -0.05) is 13.8 Å². The fourth-order valence-electron chi connectivity index (χ4n) is 1.55. The first kappa shape index (κ1) is 17.0. The molecule has 0 saturated carbocycles. The maximum Gasteiger partial charge on any atom is 0.224 e. The van der Waals surface area contributed by atoms with Crippen LogP contribution in [0, 0.1) is 0 Å². The molecule has 2 N–H and O–H groups in total. The number of ether oxygens (including phenoxy) is 2. The van der Waals surface area contributed by atoms with Crippen LogP contribution in [0.2, 0.25) is 0 Å². The molecule has 2 amide bonds. The summed E-state index contributed by atoms with van der Waals surface area (Å²) in [6.07, 6.45) is 0.756. The minimum absolute atomic E-state index is 0.0872. The van der Waals surface area contributed by atoms with Gasteiger partial charge in [-0.15, -0.1) is 0 Å². The van der Waals surface area contributed by atoms with E-state index in [-0.39, 0.29) is 11.8 Å². The van der Waals surface area contributed by atoms with Gasteiger partial charge in [0.1, 0.15) is 12.4 Å². The fraction of sp³-hybridized carbons (Fsp3) is 0.467. The third-order valence-electron chi connectivity index (χ3n) is 2.72. The Morgan fingerprint density at radius 3 is 2.33 bits per heavy atom. The molecule has 0 spiro atoms. The van der Waals surface area contributed by atoms with Crippen LogP contribution >= 0.6 is 0 Å². The Morgan fingerprint density at radius 1 is 1.05 bits per heavy atom. The number of rotatable bonds is 8. The van der Waals surface area contributed by atoms with E-state index in [4.69, 9.17) is 9.47 Å². The predicted molar refractivity (Wildman–Crippen MR) is 81.7 cm³/mol. The van der Waals surface area contributed by atoms with Gasteiger partial charge in [-0.2, -0.15) is 0 Å². The standard InChI is InChI=1S/C15H22N2O4/c1-4-14(18)16-11-6-7-13(21-9-8-20-3)12(10-11)17-15(19)5-2/h6-7,10H,4-5,8-9H2,1-3H3,(H,16,18)(H,17,19). The van der Waals surface area contributed by atoms with E-state index in [2.05, 4.69) is 10.6 Å². The van der Waals surface area contributed by atoms with Gasteiger partial charge >= 0.3 is 0 Å². The van der Waals surface area contributed by atoms with Crippen LogP contribution in [0.1, 0.15) is 26.7 Å². The Balaban J connectivity index is 2.90. The molecule has 6 nitrogen and oxygen atoms in total. The molecule has 0 atom stereocenters. The monoisotopic (exact) mass is 294 g/mol. The molecule has 0 aliphatic rings. The van der Waals surface area contributed by atoms with Gasteiger partial charge in [-0.25, -0.2) is 0 Å². The van der Waals surface area contributed by atoms with Crippen LogP contribution in [0.5, 0.6) is 5.75 Å². The molecular weight excluding hydrogens is 272 g/mol. The van der Waals surface area contributed by atoms with E-state index >= 15 is 0 Å². The molecule has 0 fully saturated rings. The second-order valence-electron chi connectivity index (χ2n) is 4.36. The highest BCUT2D eigenvalue weighted by Crippen LogP contribution is 2.28. The van der Waals surface area contributed by atoms with Crippen molar-refractivity contribution >= 4 is 23.2 Å². The Hall–Kier alpha value is -2.08. The maximum atomic E-state index is 11.6. The molecule has 1 aromatic carbocycles. The Bertz CT molecular complexity index is 489. The van der Waals surface area contributed by atoms with Gasteiger partial charge < -0.3 is 20.1 Å². The zero-order chi connectivity index (χ0) is 15.7. The largest absolute Gasteiger partial charge is 0.489 e. The summed E-state index contributed by atoms with van der Waals surface area (Å²) in [5.41, 5.74) is 1.15. The van der Waals surface area contributed by atoms with Crippen molar-refractivity contribution < 1.29 is 19.1 Å². The van der Waals surface area contributed by atoms with Crippen LogP contribution in [0.15, 0.2) is 18.2 Å². The number of methoxy groups -OCH3 is 1. The summed E-state index contributed by atoms with van der Waals surface area (Å²) in [6.45, 7) is 4.38. The topological polar surface area (TPSA) is 76.7 Å². The van der Waals surface area contributed by atoms with Crippen molar-refractivity contribution in [3.8, 4) is 5.75 Å². The predicted octanol–water partition coefficient (Wildman–Crippen LogP) is 2.41. The number of nitrogens with one attached hydrogen (secondary N) is 2. The first-order valence-corrected chi connectivity index (χ1v) is 6.96. The lowest BCUT2D eigenvalue weighted by atomic mass is 10.2. The van der Waals surface area contributed by atoms with Gasteiger partial charge in [0.15, 0.2) is 0 Å². The summed E-state index contributed by atoms with van der Waals surface area (Å²) in [4.78, 5) is 23.0. The average Bonchev–Trinajstić information content (AvgIpc) is 2.49. The molecule has 1 rings (SSSR count). The van der Waals surface area contributed by atoms with E-state index in [0.717, 1.165) is 0 Å². The molecule has 116 valence electrons. The number of hydrogen-bond acceptors (Lipinski definition) is 4. The van der Waals surface area contributed by atoms with E-state index in [1.165, 1.54) is 0 Å². The smallest absolute Gasteiger partial charge is 0.224 e. The van der Waals surface area contributed by atoms with Crippen molar-refractivity contribution in [2.24, 2.45) is 0 Å². The number of carbonyl (C=O) groups excluding carboxylic acids is 2.